The fourth-order valence-electron chi connectivity index (χ4n) is 2.89. The molecule has 1 saturated heterocycles. The summed E-state index contributed by atoms with van der Waals surface area (Å²) >= 11 is 0. The molecule has 0 saturated carbocycles. The topological polar surface area (TPSA) is 62.9 Å². The third-order valence-corrected chi connectivity index (χ3v) is 4.04. The van der Waals surface area contributed by atoms with Crippen molar-refractivity contribution >= 4 is 29.9 Å². The van der Waals surface area contributed by atoms with Gasteiger partial charge in [-0.25, -0.2) is 0 Å². The summed E-state index contributed by atoms with van der Waals surface area (Å²) in [6.07, 6.45) is 2.06. The van der Waals surface area contributed by atoms with E-state index in [1.165, 1.54) is 12.0 Å². The number of guanidine groups is 1. The normalized spacial score (nSPS) is 18.5. The molecule has 1 aromatic rings. The Bertz CT molecular complexity index is 470. The highest BCUT2D eigenvalue weighted by Crippen LogP contribution is 2.16. The third-order valence-electron chi connectivity index (χ3n) is 4.04. The van der Waals surface area contributed by atoms with Gasteiger partial charge in [0.05, 0.1) is 12.3 Å². The molecule has 1 aromatic heterocycles. The van der Waals surface area contributed by atoms with Gasteiger partial charge in [0, 0.05) is 45.3 Å². The molecule has 1 aliphatic rings. The average molecular weight is 422 g/mol. The zero-order valence-corrected chi connectivity index (χ0v) is 16.2. The first-order valence-electron chi connectivity index (χ1n) is 7.52. The van der Waals surface area contributed by atoms with Gasteiger partial charge in [-0.1, -0.05) is 5.16 Å². The molecule has 0 radical (unpaired) electrons. The van der Waals surface area contributed by atoms with Crippen LogP contribution in [0, 0.1) is 19.8 Å². The number of nitrogens with zero attached hydrogens (tertiary/aromatic N) is 3. The van der Waals surface area contributed by atoms with Gasteiger partial charge in [0.15, 0.2) is 5.96 Å². The monoisotopic (exact) mass is 422 g/mol. The van der Waals surface area contributed by atoms with Crippen molar-refractivity contribution in [2.75, 3.05) is 40.4 Å². The van der Waals surface area contributed by atoms with Gasteiger partial charge in [-0.2, -0.15) is 0 Å². The van der Waals surface area contributed by atoms with Gasteiger partial charge in [-0.05, 0) is 26.7 Å². The van der Waals surface area contributed by atoms with Crippen LogP contribution in [0.15, 0.2) is 9.52 Å². The zero-order valence-electron chi connectivity index (χ0n) is 13.9. The van der Waals surface area contributed by atoms with Gasteiger partial charge in [-0.15, -0.1) is 24.0 Å². The standard InChI is InChI=1S/C15H26N4O2.HI/c1-11-14(12(2)21-18-11)5-7-17-15(16-3)19-8-6-13(9-19)10-20-4;/h13H,5-10H2,1-4H3,(H,16,17);1H. The number of methoxy groups -OCH3 is 1. The fourth-order valence-corrected chi connectivity index (χ4v) is 2.89. The van der Waals surface area contributed by atoms with Crippen LogP contribution in [-0.2, 0) is 11.2 Å². The summed E-state index contributed by atoms with van der Waals surface area (Å²) in [5, 5.41) is 7.42. The molecule has 2 heterocycles. The maximum absolute atomic E-state index is 5.24. The van der Waals surface area contributed by atoms with E-state index in [0.29, 0.717) is 5.92 Å². The van der Waals surface area contributed by atoms with Gasteiger partial charge in [-0.3, -0.25) is 4.99 Å². The van der Waals surface area contributed by atoms with Crippen LogP contribution in [0.3, 0.4) is 0 Å². The quantitative estimate of drug-likeness (QED) is 0.447. The van der Waals surface area contributed by atoms with E-state index in [-0.39, 0.29) is 24.0 Å². The Morgan fingerprint density at radius 2 is 2.27 bits per heavy atom. The number of hydrogen-bond acceptors (Lipinski definition) is 4. The van der Waals surface area contributed by atoms with E-state index in [4.69, 9.17) is 9.26 Å². The van der Waals surface area contributed by atoms with Crippen LogP contribution in [0.25, 0.3) is 0 Å². The molecule has 1 N–H and O–H groups in total. The Labute approximate surface area is 149 Å². The van der Waals surface area contributed by atoms with Crippen molar-refractivity contribution in [3.8, 4) is 0 Å². The Kier molecular flexibility index (Phi) is 8.16. The van der Waals surface area contributed by atoms with Crippen LogP contribution < -0.4 is 5.32 Å². The minimum absolute atomic E-state index is 0. The van der Waals surface area contributed by atoms with E-state index in [2.05, 4.69) is 20.4 Å². The van der Waals surface area contributed by atoms with Crippen LogP contribution >= 0.6 is 24.0 Å². The SMILES string of the molecule is CN=C(NCCc1c(C)noc1C)N1CCC(COC)C1.I. The molecular formula is C15H27IN4O2. The van der Waals surface area contributed by atoms with Crippen LogP contribution in [0.2, 0.25) is 0 Å². The van der Waals surface area contributed by atoms with Gasteiger partial charge in [0.1, 0.15) is 5.76 Å². The first kappa shape index (κ1) is 19.2. The number of hydrogen-bond donors (Lipinski definition) is 1. The van der Waals surface area contributed by atoms with E-state index >= 15 is 0 Å². The predicted molar refractivity (Wildman–Crippen MR) is 98.0 cm³/mol. The van der Waals surface area contributed by atoms with Crippen LogP contribution in [0.1, 0.15) is 23.4 Å². The second-order valence-electron chi connectivity index (χ2n) is 5.58. The molecule has 1 aliphatic heterocycles. The second kappa shape index (κ2) is 9.34. The molecule has 1 atom stereocenters. The molecule has 0 amide bonds. The third kappa shape index (κ3) is 4.84. The van der Waals surface area contributed by atoms with Gasteiger partial charge < -0.3 is 19.5 Å². The predicted octanol–water partition coefficient (Wildman–Crippen LogP) is 2.00. The summed E-state index contributed by atoms with van der Waals surface area (Å²) in [7, 11) is 3.60. The van der Waals surface area contributed by atoms with Gasteiger partial charge in [0.25, 0.3) is 0 Å². The molecule has 0 spiro atoms. The lowest BCUT2D eigenvalue weighted by atomic mass is 10.1. The molecule has 2 rings (SSSR count). The molecule has 0 bridgehead atoms. The smallest absolute Gasteiger partial charge is 0.193 e. The number of aliphatic imine (C=N–C) groups is 1. The van der Waals surface area contributed by atoms with Crippen molar-refractivity contribution in [1.29, 1.82) is 0 Å². The number of rotatable bonds is 5. The van der Waals surface area contributed by atoms with Crippen molar-refractivity contribution in [3.63, 3.8) is 0 Å². The number of aryl methyl sites for hydroxylation is 2. The highest BCUT2D eigenvalue weighted by atomic mass is 127. The summed E-state index contributed by atoms with van der Waals surface area (Å²) < 4.78 is 10.4. The first-order valence-corrected chi connectivity index (χ1v) is 7.52. The maximum Gasteiger partial charge on any atom is 0.193 e. The summed E-state index contributed by atoms with van der Waals surface area (Å²) in [4.78, 5) is 6.68. The summed E-state index contributed by atoms with van der Waals surface area (Å²) in [5.41, 5.74) is 2.17. The second-order valence-corrected chi connectivity index (χ2v) is 5.58. The van der Waals surface area contributed by atoms with E-state index < -0.39 is 0 Å². The minimum atomic E-state index is 0. The van der Waals surface area contributed by atoms with Crippen molar-refractivity contribution in [3.05, 3.63) is 17.0 Å². The maximum atomic E-state index is 5.24. The van der Waals surface area contributed by atoms with E-state index in [9.17, 15) is 0 Å². The lowest BCUT2D eigenvalue weighted by molar-refractivity contribution is 0.157. The number of halogens is 1. The summed E-state index contributed by atoms with van der Waals surface area (Å²) in [6.45, 7) is 7.65. The molecule has 22 heavy (non-hydrogen) atoms. The van der Waals surface area contributed by atoms with Gasteiger partial charge >= 0.3 is 0 Å². The summed E-state index contributed by atoms with van der Waals surface area (Å²) in [5.74, 6) is 2.49. The van der Waals surface area contributed by atoms with Crippen LogP contribution in [-0.4, -0.2) is 56.4 Å². The number of nitrogens with one attached hydrogen (secondary N) is 1. The molecule has 0 aliphatic carbocycles. The molecule has 126 valence electrons. The zero-order chi connectivity index (χ0) is 15.2. The lowest BCUT2D eigenvalue weighted by Crippen LogP contribution is -2.41. The first-order chi connectivity index (χ1) is 10.2. The lowest BCUT2D eigenvalue weighted by Gasteiger charge is -2.21. The molecular weight excluding hydrogens is 395 g/mol. The van der Waals surface area contributed by atoms with Crippen LogP contribution in [0.5, 0.6) is 0 Å². The Morgan fingerprint density at radius 3 is 2.86 bits per heavy atom. The Morgan fingerprint density at radius 1 is 1.50 bits per heavy atom. The molecule has 0 aromatic carbocycles. The van der Waals surface area contributed by atoms with E-state index in [0.717, 1.165) is 50.1 Å². The highest BCUT2D eigenvalue weighted by molar-refractivity contribution is 14.0. The molecule has 6 nitrogen and oxygen atoms in total. The number of ether oxygens (including phenoxy) is 1. The molecule has 1 fully saturated rings. The van der Waals surface area contributed by atoms with Crippen molar-refractivity contribution < 1.29 is 9.26 Å². The van der Waals surface area contributed by atoms with Crippen molar-refractivity contribution in [2.45, 2.75) is 26.7 Å². The van der Waals surface area contributed by atoms with Crippen LogP contribution in [0.4, 0.5) is 0 Å². The minimum Gasteiger partial charge on any atom is -0.384 e. The van der Waals surface area contributed by atoms with E-state index in [1.807, 2.05) is 20.9 Å². The number of aromatic nitrogens is 1. The Hall–Kier alpha value is -0.830. The highest BCUT2D eigenvalue weighted by Gasteiger charge is 2.24. The van der Waals surface area contributed by atoms with Crippen molar-refractivity contribution in [1.82, 2.24) is 15.4 Å². The fraction of sp³-hybridized carbons (Fsp3) is 0.733. The average Bonchev–Trinajstić information content (AvgIpc) is 3.05. The van der Waals surface area contributed by atoms with Crippen molar-refractivity contribution in [2.24, 2.45) is 10.9 Å². The largest absolute Gasteiger partial charge is 0.384 e. The van der Waals surface area contributed by atoms with Gasteiger partial charge in [0.2, 0.25) is 0 Å². The van der Waals surface area contributed by atoms with E-state index in [1.54, 1.807) is 7.11 Å². The number of likely N-dealkylation sites (tertiary alicyclic amines) is 1. The Balaban J connectivity index is 0.00000242. The molecule has 7 heteroatoms. The molecule has 1 unspecified atom stereocenters. The summed E-state index contributed by atoms with van der Waals surface area (Å²) in [6, 6.07) is 0.